The van der Waals surface area contributed by atoms with Gasteiger partial charge in [0, 0.05) is 113 Å². The number of imidazole rings is 1. The van der Waals surface area contributed by atoms with Crippen LogP contribution < -0.4 is 20.8 Å². The number of ether oxygens (including phenoxy) is 1. The number of rotatable bonds is 13. The molecule has 9 heterocycles. The van der Waals surface area contributed by atoms with Gasteiger partial charge in [-0.2, -0.15) is 13.2 Å². The van der Waals surface area contributed by atoms with Crippen molar-refractivity contribution in [3.63, 3.8) is 0 Å². The summed E-state index contributed by atoms with van der Waals surface area (Å²) in [6, 6.07) is 21.0. The number of hydrogen-bond acceptors (Lipinski definition) is 12. The minimum atomic E-state index is -4.73. The number of alkyl halides is 3. The van der Waals surface area contributed by atoms with Crippen LogP contribution in [0.1, 0.15) is 87.0 Å². The molecule has 6 aliphatic heterocycles. The van der Waals surface area contributed by atoms with Crippen LogP contribution in [-0.4, -0.2) is 138 Å². The van der Waals surface area contributed by atoms with E-state index in [2.05, 4.69) is 31.4 Å². The number of carbonyl (C=O) groups excluding carboxylic acids is 4. The molecule has 0 saturated carbocycles. The van der Waals surface area contributed by atoms with Gasteiger partial charge in [-0.3, -0.25) is 38.4 Å². The number of nitrogens with zero attached hydrogens (tertiary/aromatic N) is 10. The van der Waals surface area contributed by atoms with Gasteiger partial charge in [-0.05, 0) is 103 Å². The Morgan fingerprint density at radius 2 is 1.68 bits per heavy atom. The minimum absolute atomic E-state index is 0.0826. The van der Waals surface area contributed by atoms with Crippen molar-refractivity contribution >= 4 is 40.5 Å². The van der Waals surface area contributed by atoms with Crippen LogP contribution in [0.2, 0.25) is 0 Å². The predicted molar refractivity (Wildman–Crippen MR) is 260 cm³/mol. The van der Waals surface area contributed by atoms with E-state index in [1.165, 1.54) is 24.8 Å². The zero-order valence-electron chi connectivity index (χ0n) is 40.2. The van der Waals surface area contributed by atoms with Crippen molar-refractivity contribution in [3.05, 3.63) is 141 Å². The average Bonchev–Trinajstić information content (AvgIpc) is 4.07. The molecule has 380 valence electrons. The van der Waals surface area contributed by atoms with Gasteiger partial charge in [-0.25, -0.2) is 4.79 Å². The molecule has 21 heteroatoms. The monoisotopic (exact) mass is 1000 g/mol. The zero-order chi connectivity index (χ0) is 50.9. The lowest BCUT2D eigenvalue weighted by Gasteiger charge is -2.58. The second-order valence-corrected chi connectivity index (χ2v) is 19.8. The highest BCUT2D eigenvalue weighted by molar-refractivity contribution is 6.05. The number of likely N-dealkylation sites (tertiary alicyclic amines) is 1. The lowest BCUT2D eigenvalue weighted by Crippen LogP contribution is -2.69. The highest BCUT2D eigenvalue weighted by Crippen LogP contribution is 2.41. The lowest BCUT2D eigenvalue weighted by atomic mass is 9.86. The van der Waals surface area contributed by atoms with Gasteiger partial charge in [0.2, 0.25) is 11.8 Å². The number of likely N-dealkylation sites (N-methyl/N-ethyl adjacent to an activating group) is 1. The molecule has 0 spiro atoms. The third-order valence-corrected chi connectivity index (χ3v) is 15.1. The number of aromatic nitrogens is 5. The van der Waals surface area contributed by atoms with Crippen LogP contribution in [0.25, 0.3) is 11.2 Å². The molecule has 3 aromatic heterocycles. The number of halogens is 3. The van der Waals surface area contributed by atoms with E-state index in [-0.39, 0.29) is 65.9 Å². The summed E-state index contributed by atoms with van der Waals surface area (Å²) in [5.41, 5.74) is 3.27. The van der Waals surface area contributed by atoms with Gasteiger partial charge in [-0.1, -0.05) is 12.1 Å². The van der Waals surface area contributed by atoms with E-state index < -0.39 is 35.5 Å². The van der Waals surface area contributed by atoms with Crippen LogP contribution >= 0.6 is 0 Å². The Morgan fingerprint density at radius 3 is 2.40 bits per heavy atom. The highest BCUT2D eigenvalue weighted by atomic mass is 19.4. The summed E-state index contributed by atoms with van der Waals surface area (Å²) in [5, 5.41) is 21.0. The van der Waals surface area contributed by atoms with Crippen LogP contribution in [0.3, 0.4) is 0 Å². The van der Waals surface area contributed by atoms with Crippen molar-refractivity contribution in [2.45, 2.75) is 81.7 Å². The van der Waals surface area contributed by atoms with Gasteiger partial charge in [-0.15, -0.1) is 10.2 Å². The molecule has 6 aliphatic rings. The van der Waals surface area contributed by atoms with Crippen molar-refractivity contribution in [1.29, 1.82) is 0 Å². The van der Waals surface area contributed by atoms with E-state index in [0.717, 1.165) is 51.5 Å². The summed E-state index contributed by atoms with van der Waals surface area (Å²) in [7, 11) is 3.42. The molecule has 3 aromatic carbocycles. The molecule has 0 radical (unpaired) electrons. The number of fused-ring (bicyclic) bond motifs is 4. The summed E-state index contributed by atoms with van der Waals surface area (Å²) in [5.74, 6) is -0.773. The van der Waals surface area contributed by atoms with E-state index >= 15 is 0 Å². The molecule has 5 fully saturated rings. The van der Waals surface area contributed by atoms with Gasteiger partial charge >= 0.3 is 11.9 Å². The normalized spacial score (nSPS) is 20.9. The average molecular weight is 1000 g/mol. The van der Waals surface area contributed by atoms with Gasteiger partial charge in [0.15, 0.2) is 5.82 Å². The Kier molecular flexibility index (Phi) is 12.4. The molecule has 0 aliphatic carbocycles. The molecule has 2 bridgehead atoms. The molecule has 6 aromatic rings. The topological polar surface area (TPSA) is 183 Å². The standard InChI is InChI=1S/C52H54F3N11O7/c1-59(49(70)32-6-8-35(9-7-32)62-27-38-23-39(28-62)66(38)37-10-11-41-34(22-37)26-64(50(41)71)43-12-13-45(67)57-48(43)69)18-19-73-40-14-16-61(17-15-40)24-31-20-42(52(53,54)55)44-29-63(51(72)65(44)25-31)36-5-3-4-33(21-36)46(68)47-58-56-30-60(47)2/h3-11,20-22,25,29-30,38-40,43,46,68H,12-19,23-24,26-28H2,1-2H3,(H,57,67,69)/t38?,39?,43?,46-/m1/s1. The number of hydrogen-bond donors (Lipinski definition) is 2. The number of piperazine rings is 1. The first-order chi connectivity index (χ1) is 35.1. The molecule has 73 heavy (non-hydrogen) atoms. The summed E-state index contributed by atoms with van der Waals surface area (Å²) < 4.78 is 53.6. The molecule has 3 unspecified atom stereocenters. The fourth-order valence-electron chi connectivity index (χ4n) is 11.2. The Hall–Kier alpha value is -7.36. The number of nitrogens with one attached hydrogen (secondary N) is 1. The van der Waals surface area contributed by atoms with Crippen molar-refractivity contribution in [2.24, 2.45) is 7.05 Å². The van der Waals surface area contributed by atoms with Crippen LogP contribution in [-0.2, 0) is 40.6 Å². The Morgan fingerprint density at radius 1 is 0.932 bits per heavy atom. The Labute approximate surface area is 417 Å². The van der Waals surface area contributed by atoms with Crippen LogP contribution in [0.5, 0.6) is 0 Å². The van der Waals surface area contributed by atoms with Crippen molar-refractivity contribution in [1.82, 2.24) is 43.7 Å². The van der Waals surface area contributed by atoms with Crippen LogP contribution in [0, 0.1) is 0 Å². The van der Waals surface area contributed by atoms with Crippen molar-refractivity contribution in [2.75, 3.05) is 56.2 Å². The lowest BCUT2D eigenvalue weighted by molar-refractivity contribution is -0.137. The molecule has 5 saturated heterocycles. The maximum Gasteiger partial charge on any atom is 0.418 e. The molecule has 4 atom stereocenters. The number of piperidine rings is 3. The predicted octanol–water partition coefficient (Wildman–Crippen LogP) is 4.30. The van der Waals surface area contributed by atoms with E-state index in [1.807, 2.05) is 41.3 Å². The third-order valence-electron chi connectivity index (χ3n) is 15.1. The zero-order valence-corrected chi connectivity index (χ0v) is 40.2. The molecule has 4 amide bonds. The fraction of sp³-hybridized carbons (Fsp3) is 0.404. The van der Waals surface area contributed by atoms with E-state index in [4.69, 9.17) is 4.74 Å². The number of carbonyl (C=O) groups is 4. The summed E-state index contributed by atoms with van der Waals surface area (Å²) in [6.07, 6.45) is 0.972. The SMILES string of the molecule is CN(CCOC1CCN(Cc2cc(C(F)(F)F)c3cn(-c4cccc([C@@H](O)c5nncn5C)c4)c(=O)n3c2)CC1)C(=O)c1ccc(N2CC3CC(C2)N3c2ccc3c(c2)CN(C2CCC(=O)NC2=O)C3=O)cc1. The number of benzene rings is 3. The van der Waals surface area contributed by atoms with E-state index in [1.54, 1.807) is 46.7 Å². The molecular weight excluding hydrogens is 948 g/mol. The first-order valence-electron chi connectivity index (χ1n) is 24.5. The van der Waals surface area contributed by atoms with Crippen molar-refractivity contribution < 1.29 is 42.2 Å². The number of aryl methyl sites for hydroxylation is 1. The number of pyridine rings is 1. The quantitative estimate of drug-likeness (QED) is 0.157. The summed E-state index contributed by atoms with van der Waals surface area (Å²) in [4.78, 5) is 74.6. The minimum Gasteiger partial charge on any atom is -0.380 e. The highest BCUT2D eigenvalue weighted by Gasteiger charge is 2.46. The molecule has 2 N–H and O–H groups in total. The largest absolute Gasteiger partial charge is 0.418 e. The van der Waals surface area contributed by atoms with E-state index in [0.29, 0.717) is 74.3 Å². The van der Waals surface area contributed by atoms with Crippen LogP contribution in [0.4, 0.5) is 24.5 Å². The summed E-state index contributed by atoms with van der Waals surface area (Å²) >= 11 is 0. The first kappa shape index (κ1) is 47.9. The van der Waals surface area contributed by atoms with Crippen LogP contribution in [0.15, 0.2) is 96.3 Å². The fourth-order valence-corrected chi connectivity index (χ4v) is 11.2. The molecule has 18 nitrogen and oxygen atoms in total. The Balaban J connectivity index is 0.648. The molecule has 12 rings (SSSR count). The van der Waals surface area contributed by atoms with Gasteiger partial charge < -0.3 is 34.0 Å². The van der Waals surface area contributed by atoms with Gasteiger partial charge in [0.25, 0.3) is 11.8 Å². The maximum atomic E-state index is 14.6. The molecular formula is C52H54F3N11O7. The van der Waals surface area contributed by atoms with Gasteiger partial charge in [0.05, 0.1) is 29.5 Å². The smallest absolute Gasteiger partial charge is 0.380 e. The second-order valence-electron chi connectivity index (χ2n) is 19.8. The number of anilines is 2. The number of aliphatic hydroxyl groups is 1. The third kappa shape index (κ3) is 9.13. The second kappa shape index (κ2) is 18.9. The Bertz CT molecular complexity index is 3190. The van der Waals surface area contributed by atoms with E-state index in [9.17, 15) is 42.3 Å². The first-order valence-corrected chi connectivity index (χ1v) is 24.5. The maximum absolute atomic E-state index is 14.6. The number of amides is 4. The number of aliphatic hydroxyl groups excluding tert-OH is 1. The number of imide groups is 1. The van der Waals surface area contributed by atoms with Crippen molar-refractivity contribution in [3.8, 4) is 5.69 Å². The van der Waals surface area contributed by atoms with Gasteiger partial charge in [0.1, 0.15) is 18.5 Å². The summed E-state index contributed by atoms with van der Waals surface area (Å²) in [6.45, 7) is 3.99.